The molecular weight excluding hydrogens is 214 g/mol. The minimum Gasteiger partial charge on any atom is -0.352 e. The monoisotopic (exact) mass is 237 g/mol. The molecule has 0 saturated heterocycles. The maximum absolute atomic E-state index is 11.3. The summed E-state index contributed by atoms with van der Waals surface area (Å²) in [7, 11) is 2.07. The highest BCUT2D eigenvalue weighted by atomic mass is 16.2. The van der Waals surface area contributed by atoms with Crippen molar-refractivity contribution in [2.24, 2.45) is 7.05 Å². The van der Waals surface area contributed by atoms with Crippen LogP contribution in [0, 0.1) is 13.8 Å². The first-order valence-electron chi connectivity index (χ1n) is 6.19. The van der Waals surface area contributed by atoms with Crippen molar-refractivity contribution < 1.29 is 4.79 Å². The van der Waals surface area contributed by atoms with Gasteiger partial charge in [-0.2, -0.15) is 0 Å². The van der Waals surface area contributed by atoms with Crippen LogP contribution in [0.25, 0.3) is 0 Å². The minimum atomic E-state index is -0.0721. The van der Waals surface area contributed by atoms with Crippen LogP contribution in [0.5, 0.6) is 0 Å². The summed E-state index contributed by atoms with van der Waals surface area (Å²) in [4.78, 5) is 11.3. The molecule has 0 spiro atoms. The van der Waals surface area contributed by atoms with E-state index < -0.39 is 0 Å². The van der Waals surface area contributed by atoms with Gasteiger partial charge in [-0.3, -0.25) is 0 Å². The molecule has 0 saturated carbocycles. The molecule has 96 valence electrons. The maximum Gasteiger partial charge on any atom is 0.314 e. The number of carbonyl (C=O) groups is 1. The molecule has 0 fully saturated rings. The van der Waals surface area contributed by atoms with E-state index in [1.807, 2.05) is 6.92 Å². The molecule has 0 aliphatic carbocycles. The Morgan fingerprint density at radius 1 is 1.29 bits per heavy atom. The van der Waals surface area contributed by atoms with Crippen LogP contribution in [0.2, 0.25) is 0 Å². The summed E-state index contributed by atoms with van der Waals surface area (Å²) in [5, 5.41) is 5.66. The molecule has 0 unspecified atom stereocenters. The third kappa shape index (κ3) is 3.80. The fourth-order valence-corrected chi connectivity index (χ4v) is 1.80. The summed E-state index contributed by atoms with van der Waals surface area (Å²) >= 11 is 0. The standard InChI is InChI=1S/C13H23N3O/c1-5-7-14-13(17)15-8-6-12-9-10(2)16(4)11(12)3/h9H,5-8H2,1-4H3,(H2,14,15,17). The van der Waals surface area contributed by atoms with Crippen LogP contribution in [0.4, 0.5) is 4.79 Å². The topological polar surface area (TPSA) is 46.1 Å². The van der Waals surface area contributed by atoms with Crippen molar-refractivity contribution in [1.29, 1.82) is 0 Å². The Kier molecular flexibility index (Phi) is 5.07. The van der Waals surface area contributed by atoms with E-state index in [9.17, 15) is 4.79 Å². The van der Waals surface area contributed by atoms with Crippen LogP contribution in [-0.4, -0.2) is 23.7 Å². The van der Waals surface area contributed by atoms with Gasteiger partial charge in [0.2, 0.25) is 0 Å². The SMILES string of the molecule is CCCNC(=O)NCCc1cc(C)n(C)c1C. The Morgan fingerprint density at radius 2 is 1.94 bits per heavy atom. The van der Waals surface area contributed by atoms with Crippen molar-refractivity contribution >= 4 is 6.03 Å². The molecule has 4 heteroatoms. The molecule has 4 nitrogen and oxygen atoms in total. The van der Waals surface area contributed by atoms with Crippen LogP contribution < -0.4 is 10.6 Å². The number of aryl methyl sites for hydroxylation is 1. The minimum absolute atomic E-state index is 0.0721. The quantitative estimate of drug-likeness (QED) is 0.807. The highest BCUT2D eigenvalue weighted by Crippen LogP contribution is 2.13. The van der Waals surface area contributed by atoms with E-state index >= 15 is 0 Å². The second kappa shape index (κ2) is 6.33. The van der Waals surface area contributed by atoms with Crippen molar-refractivity contribution in [2.45, 2.75) is 33.6 Å². The molecule has 2 N–H and O–H groups in total. The molecule has 1 rings (SSSR count). The molecule has 17 heavy (non-hydrogen) atoms. The third-order valence-corrected chi connectivity index (χ3v) is 3.10. The van der Waals surface area contributed by atoms with E-state index in [2.05, 4.69) is 42.2 Å². The Bertz CT molecular complexity index is 382. The highest BCUT2D eigenvalue weighted by Gasteiger charge is 2.06. The lowest BCUT2D eigenvalue weighted by Gasteiger charge is -2.06. The summed E-state index contributed by atoms with van der Waals surface area (Å²) in [6.07, 6.45) is 1.84. The Labute approximate surface area is 103 Å². The average molecular weight is 237 g/mol. The first-order valence-corrected chi connectivity index (χ1v) is 6.19. The number of hydrogen-bond acceptors (Lipinski definition) is 1. The first kappa shape index (κ1) is 13.6. The van der Waals surface area contributed by atoms with Gasteiger partial charge in [0.1, 0.15) is 0 Å². The number of amides is 2. The fourth-order valence-electron chi connectivity index (χ4n) is 1.80. The summed E-state index contributed by atoms with van der Waals surface area (Å²) in [5.41, 5.74) is 3.84. The van der Waals surface area contributed by atoms with E-state index in [4.69, 9.17) is 0 Å². The molecule has 0 aromatic carbocycles. The molecule has 0 aliphatic rings. The summed E-state index contributed by atoms with van der Waals surface area (Å²) in [6.45, 7) is 7.66. The zero-order valence-electron chi connectivity index (χ0n) is 11.3. The number of aromatic nitrogens is 1. The van der Waals surface area contributed by atoms with Gasteiger partial charge < -0.3 is 15.2 Å². The van der Waals surface area contributed by atoms with Gasteiger partial charge in [0.05, 0.1) is 0 Å². The molecule has 0 atom stereocenters. The van der Waals surface area contributed by atoms with Crippen LogP contribution >= 0.6 is 0 Å². The first-order chi connectivity index (χ1) is 8.06. The molecule has 2 amide bonds. The predicted molar refractivity (Wildman–Crippen MR) is 70.3 cm³/mol. The summed E-state index contributed by atoms with van der Waals surface area (Å²) < 4.78 is 2.17. The average Bonchev–Trinajstić information content (AvgIpc) is 2.54. The van der Waals surface area contributed by atoms with Gasteiger partial charge in [0.25, 0.3) is 0 Å². The van der Waals surface area contributed by atoms with E-state index in [0.717, 1.165) is 19.4 Å². The third-order valence-electron chi connectivity index (χ3n) is 3.10. The second-order valence-corrected chi connectivity index (χ2v) is 4.39. The second-order valence-electron chi connectivity index (χ2n) is 4.39. The van der Waals surface area contributed by atoms with Gasteiger partial charge in [0.15, 0.2) is 0 Å². The molecule has 1 aromatic rings. The Morgan fingerprint density at radius 3 is 2.47 bits per heavy atom. The number of hydrogen-bond donors (Lipinski definition) is 2. The Hall–Kier alpha value is -1.45. The number of rotatable bonds is 5. The van der Waals surface area contributed by atoms with E-state index in [0.29, 0.717) is 6.54 Å². The van der Waals surface area contributed by atoms with E-state index in [1.165, 1.54) is 17.0 Å². The lowest BCUT2D eigenvalue weighted by Crippen LogP contribution is -2.36. The normalized spacial score (nSPS) is 10.4. The highest BCUT2D eigenvalue weighted by molar-refractivity contribution is 5.73. The maximum atomic E-state index is 11.3. The zero-order valence-corrected chi connectivity index (χ0v) is 11.3. The number of carbonyl (C=O) groups excluding carboxylic acids is 1. The van der Waals surface area contributed by atoms with Crippen molar-refractivity contribution in [2.75, 3.05) is 13.1 Å². The number of urea groups is 1. The van der Waals surface area contributed by atoms with Crippen molar-refractivity contribution in [3.63, 3.8) is 0 Å². The van der Waals surface area contributed by atoms with Gasteiger partial charge in [-0.05, 0) is 38.3 Å². The molecule has 1 heterocycles. The summed E-state index contributed by atoms with van der Waals surface area (Å²) in [5.74, 6) is 0. The molecule has 0 radical (unpaired) electrons. The van der Waals surface area contributed by atoms with Crippen molar-refractivity contribution in [3.8, 4) is 0 Å². The Balaban J connectivity index is 2.36. The fraction of sp³-hybridized carbons (Fsp3) is 0.615. The number of nitrogens with zero attached hydrogens (tertiary/aromatic N) is 1. The van der Waals surface area contributed by atoms with Gasteiger partial charge in [0, 0.05) is 31.5 Å². The van der Waals surface area contributed by atoms with Gasteiger partial charge in [-0.25, -0.2) is 4.79 Å². The van der Waals surface area contributed by atoms with Crippen molar-refractivity contribution in [1.82, 2.24) is 15.2 Å². The lowest BCUT2D eigenvalue weighted by molar-refractivity contribution is 0.241. The predicted octanol–water partition coefficient (Wildman–Crippen LogP) is 1.89. The summed E-state index contributed by atoms with van der Waals surface area (Å²) in [6, 6.07) is 2.11. The number of nitrogens with one attached hydrogen (secondary N) is 2. The van der Waals surface area contributed by atoms with E-state index in [1.54, 1.807) is 0 Å². The molecule has 0 bridgehead atoms. The van der Waals surface area contributed by atoms with E-state index in [-0.39, 0.29) is 6.03 Å². The largest absolute Gasteiger partial charge is 0.352 e. The van der Waals surface area contributed by atoms with Crippen LogP contribution in [0.3, 0.4) is 0 Å². The van der Waals surface area contributed by atoms with Gasteiger partial charge in [-0.1, -0.05) is 6.92 Å². The van der Waals surface area contributed by atoms with Crippen LogP contribution in [0.15, 0.2) is 6.07 Å². The van der Waals surface area contributed by atoms with Gasteiger partial charge in [-0.15, -0.1) is 0 Å². The van der Waals surface area contributed by atoms with Crippen LogP contribution in [-0.2, 0) is 13.5 Å². The molecule has 0 aliphatic heterocycles. The van der Waals surface area contributed by atoms with Gasteiger partial charge >= 0.3 is 6.03 Å². The molecule has 1 aromatic heterocycles. The smallest absolute Gasteiger partial charge is 0.314 e. The van der Waals surface area contributed by atoms with Crippen molar-refractivity contribution in [3.05, 3.63) is 23.0 Å². The zero-order chi connectivity index (χ0) is 12.8. The lowest BCUT2D eigenvalue weighted by atomic mass is 10.2. The van der Waals surface area contributed by atoms with Crippen LogP contribution in [0.1, 0.15) is 30.3 Å². The molecular formula is C13H23N3O.